The van der Waals surface area contributed by atoms with Crippen LogP contribution in [0.4, 0.5) is 11.4 Å². The van der Waals surface area contributed by atoms with Gasteiger partial charge in [-0.3, -0.25) is 23.4 Å². The summed E-state index contributed by atoms with van der Waals surface area (Å²) in [6.45, 7) is 1.75. The third-order valence-electron chi connectivity index (χ3n) is 6.65. The van der Waals surface area contributed by atoms with E-state index < -0.39 is 44.1 Å². The molecule has 0 saturated carbocycles. The number of phosphoric acid groups is 1. The fourth-order valence-electron chi connectivity index (χ4n) is 4.72. The van der Waals surface area contributed by atoms with E-state index in [0.29, 0.717) is 24.9 Å². The van der Waals surface area contributed by atoms with Gasteiger partial charge < -0.3 is 19.6 Å². The van der Waals surface area contributed by atoms with Gasteiger partial charge in [0.2, 0.25) is 0 Å². The molecule has 13 heteroatoms. The molecule has 0 radical (unpaired) electrons. The zero-order valence-electron chi connectivity index (χ0n) is 21.3. The van der Waals surface area contributed by atoms with Crippen LogP contribution in [0, 0.1) is 6.92 Å². The second-order valence-electron chi connectivity index (χ2n) is 9.37. The lowest BCUT2D eigenvalue weighted by Crippen LogP contribution is -2.33. The number of aromatic nitrogens is 2. The molecule has 1 fully saturated rings. The number of aliphatic hydroxyl groups is 1. The number of fused-ring (bicyclic) bond motifs is 2. The highest BCUT2D eigenvalue weighted by Gasteiger charge is 2.41. The third kappa shape index (κ3) is 6.22. The maximum absolute atomic E-state index is 12.7. The summed E-state index contributed by atoms with van der Waals surface area (Å²) in [5.41, 5.74) is 1.35. The smallest absolute Gasteiger partial charge is 0.394 e. The van der Waals surface area contributed by atoms with Gasteiger partial charge in [0, 0.05) is 34.5 Å². The van der Waals surface area contributed by atoms with E-state index in [9.17, 15) is 24.2 Å². The average molecular weight is 576 g/mol. The number of rotatable bonds is 10. The summed E-state index contributed by atoms with van der Waals surface area (Å²) in [5.74, 6) is 0. The van der Waals surface area contributed by atoms with Gasteiger partial charge in [0.05, 0.1) is 24.6 Å². The number of unbranched alkanes of at least 4 members (excludes halogenated alkanes) is 1. The highest BCUT2D eigenvalue weighted by atomic mass is 32.2. The largest absolute Gasteiger partial charge is 0.472 e. The number of phosphoric ester groups is 1. The van der Waals surface area contributed by atoms with Crippen molar-refractivity contribution in [3.63, 3.8) is 0 Å². The zero-order valence-corrected chi connectivity index (χ0v) is 23.0. The second-order valence-corrected chi connectivity index (χ2v) is 11.9. The van der Waals surface area contributed by atoms with Crippen molar-refractivity contribution in [1.82, 2.24) is 9.55 Å². The third-order valence-corrected chi connectivity index (χ3v) is 8.82. The number of hydrogen-bond donors (Lipinski definition) is 3. The molecule has 39 heavy (non-hydrogen) atoms. The highest BCUT2D eigenvalue weighted by molar-refractivity contribution is 7.99. The first-order valence-corrected chi connectivity index (χ1v) is 14.9. The zero-order chi connectivity index (χ0) is 27.6. The van der Waals surface area contributed by atoms with Crippen molar-refractivity contribution in [2.24, 2.45) is 0 Å². The molecule has 0 aliphatic carbocycles. The van der Waals surface area contributed by atoms with Crippen molar-refractivity contribution < 1.29 is 28.3 Å². The summed E-state index contributed by atoms with van der Waals surface area (Å²) in [7, 11) is -4.47. The van der Waals surface area contributed by atoms with E-state index in [1.165, 1.54) is 20.6 Å². The lowest BCUT2D eigenvalue weighted by Gasteiger charge is -2.32. The van der Waals surface area contributed by atoms with Crippen molar-refractivity contribution in [1.29, 1.82) is 0 Å². The molecule has 1 aromatic heterocycles. The number of benzene rings is 2. The minimum Gasteiger partial charge on any atom is -0.394 e. The lowest BCUT2D eigenvalue weighted by atomic mass is 10.2. The highest BCUT2D eigenvalue weighted by Crippen LogP contribution is 2.49. The van der Waals surface area contributed by atoms with E-state index in [-0.39, 0.29) is 13.0 Å². The normalized spacial score (nSPS) is 21.8. The van der Waals surface area contributed by atoms with Crippen molar-refractivity contribution >= 4 is 31.0 Å². The molecule has 4 atom stereocenters. The molecule has 0 spiro atoms. The topological polar surface area (TPSA) is 143 Å². The Morgan fingerprint density at radius 2 is 1.77 bits per heavy atom. The van der Waals surface area contributed by atoms with Crippen LogP contribution in [-0.2, 0) is 18.3 Å². The Kier molecular flexibility index (Phi) is 8.43. The van der Waals surface area contributed by atoms with Crippen molar-refractivity contribution in [2.45, 2.75) is 54.4 Å². The van der Waals surface area contributed by atoms with Gasteiger partial charge in [-0.05, 0) is 44.0 Å². The minimum atomic E-state index is -4.47. The predicted octanol–water partition coefficient (Wildman–Crippen LogP) is 3.71. The number of H-pyrrole nitrogens is 1. The maximum Gasteiger partial charge on any atom is 0.472 e. The number of hydrogen-bond acceptors (Lipinski definition) is 9. The van der Waals surface area contributed by atoms with Crippen LogP contribution >= 0.6 is 19.6 Å². The Hall–Kier alpha value is -2.70. The average Bonchev–Trinajstić information content (AvgIpc) is 3.31. The predicted molar refractivity (Wildman–Crippen MR) is 146 cm³/mol. The van der Waals surface area contributed by atoms with Crippen molar-refractivity contribution in [3.8, 4) is 0 Å². The molecule has 208 valence electrons. The number of nitrogens with zero attached hydrogens (tertiary/aromatic N) is 2. The SMILES string of the molecule is Cc1cn([C@H]2C[C@H](OP(=O)(O)OCCCCN3c4ccccc4Sc4ccccc43)[C@@H](CO)O2)c(=O)[nH]c1=O. The summed E-state index contributed by atoms with van der Waals surface area (Å²) in [6.07, 6.45) is -0.254. The van der Waals surface area contributed by atoms with Gasteiger partial charge in [-0.1, -0.05) is 36.0 Å². The Balaban J connectivity index is 1.15. The molecule has 5 rings (SSSR count). The quantitative estimate of drug-likeness (QED) is 0.242. The summed E-state index contributed by atoms with van der Waals surface area (Å²) < 4.78 is 30.1. The summed E-state index contributed by atoms with van der Waals surface area (Å²) in [5, 5.41) is 9.71. The molecule has 3 aromatic rings. The Morgan fingerprint density at radius 3 is 2.44 bits per heavy atom. The van der Waals surface area contributed by atoms with E-state index in [1.54, 1.807) is 18.7 Å². The van der Waals surface area contributed by atoms with Crippen LogP contribution in [0.15, 0.2) is 74.1 Å². The molecular formula is C26H30N3O8PS. The fourth-order valence-corrected chi connectivity index (χ4v) is 6.80. The first kappa shape index (κ1) is 27.9. The molecular weight excluding hydrogens is 545 g/mol. The number of aromatic amines is 1. The van der Waals surface area contributed by atoms with Crippen LogP contribution in [0.1, 0.15) is 31.1 Å². The second kappa shape index (κ2) is 11.8. The lowest BCUT2D eigenvalue weighted by molar-refractivity contribution is -0.0464. The van der Waals surface area contributed by atoms with Gasteiger partial charge >= 0.3 is 13.5 Å². The summed E-state index contributed by atoms with van der Waals surface area (Å²) in [6, 6.07) is 16.4. The number of ether oxygens (including phenoxy) is 1. The number of para-hydroxylation sites is 2. The van der Waals surface area contributed by atoms with E-state index in [4.69, 9.17) is 13.8 Å². The molecule has 2 aromatic carbocycles. The number of aryl methyl sites for hydroxylation is 1. The molecule has 1 saturated heterocycles. The molecule has 0 amide bonds. The first-order chi connectivity index (χ1) is 18.8. The Bertz CT molecular complexity index is 1450. The maximum atomic E-state index is 12.7. The standard InChI is InChI=1S/C26H30N3O8PS/c1-17-15-29(26(32)27-25(17)31)24-14-20(21(16-30)36-24)37-38(33,34)35-13-7-6-12-28-18-8-2-4-10-22(18)39-23-11-5-3-9-19(23)28/h2-5,8-11,15,20-21,24,30H,6-7,12-14,16H2,1H3,(H,33,34)(H,27,31,32)/t20-,21+,24+/m0/s1. The molecule has 2 aliphatic heterocycles. The van der Waals surface area contributed by atoms with E-state index >= 15 is 0 Å². The number of anilines is 2. The fraction of sp³-hybridized carbons (Fsp3) is 0.385. The van der Waals surface area contributed by atoms with Crippen LogP contribution in [0.2, 0.25) is 0 Å². The molecule has 3 heterocycles. The molecule has 3 N–H and O–H groups in total. The first-order valence-electron chi connectivity index (χ1n) is 12.6. The Morgan fingerprint density at radius 1 is 1.10 bits per heavy atom. The van der Waals surface area contributed by atoms with Gasteiger partial charge in [-0.25, -0.2) is 9.36 Å². The van der Waals surface area contributed by atoms with Crippen LogP contribution < -0.4 is 16.1 Å². The summed E-state index contributed by atoms with van der Waals surface area (Å²) in [4.78, 5) is 41.0. The van der Waals surface area contributed by atoms with Gasteiger partial charge in [-0.15, -0.1) is 0 Å². The van der Waals surface area contributed by atoms with Crippen molar-refractivity contribution in [3.05, 3.63) is 81.1 Å². The van der Waals surface area contributed by atoms with Gasteiger partial charge in [0.1, 0.15) is 18.4 Å². The van der Waals surface area contributed by atoms with Crippen LogP contribution in [0.3, 0.4) is 0 Å². The van der Waals surface area contributed by atoms with E-state index in [2.05, 4.69) is 34.1 Å². The van der Waals surface area contributed by atoms with Gasteiger partial charge in [0.25, 0.3) is 5.56 Å². The van der Waals surface area contributed by atoms with Crippen LogP contribution in [0.5, 0.6) is 0 Å². The van der Waals surface area contributed by atoms with Gasteiger partial charge in [-0.2, -0.15) is 0 Å². The monoisotopic (exact) mass is 575 g/mol. The molecule has 2 aliphatic rings. The van der Waals surface area contributed by atoms with Gasteiger partial charge in [0.15, 0.2) is 0 Å². The Labute approximate surface area is 229 Å². The minimum absolute atomic E-state index is 0.000959. The van der Waals surface area contributed by atoms with Crippen LogP contribution in [-0.4, -0.2) is 51.5 Å². The number of aliphatic hydroxyl groups excluding tert-OH is 1. The molecule has 0 bridgehead atoms. The van der Waals surface area contributed by atoms with E-state index in [1.807, 2.05) is 24.3 Å². The molecule has 1 unspecified atom stereocenters. The van der Waals surface area contributed by atoms with Crippen molar-refractivity contribution in [2.75, 3.05) is 24.7 Å². The molecule has 11 nitrogen and oxygen atoms in total. The van der Waals surface area contributed by atoms with Crippen LogP contribution in [0.25, 0.3) is 0 Å². The number of nitrogens with one attached hydrogen (secondary N) is 1. The summed E-state index contributed by atoms with van der Waals surface area (Å²) >= 11 is 1.74. The van der Waals surface area contributed by atoms with E-state index in [0.717, 1.165) is 11.4 Å².